The van der Waals surface area contributed by atoms with Crippen LogP contribution in [0, 0.1) is 0 Å². The largest absolute Gasteiger partial charge is 0.368 e. The van der Waals surface area contributed by atoms with Crippen molar-refractivity contribution in [3.63, 3.8) is 0 Å². The maximum absolute atomic E-state index is 12.9. The van der Waals surface area contributed by atoms with E-state index in [9.17, 15) is 4.79 Å². The first-order valence-corrected chi connectivity index (χ1v) is 9.63. The van der Waals surface area contributed by atoms with Crippen LogP contribution in [0.3, 0.4) is 0 Å². The Kier molecular flexibility index (Phi) is 4.37. The maximum atomic E-state index is 12.9. The number of nitrogens with zero attached hydrogens (tertiary/aromatic N) is 5. The summed E-state index contributed by atoms with van der Waals surface area (Å²) in [6.45, 7) is 1.50. The molecule has 146 valence electrons. The van der Waals surface area contributed by atoms with E-state index < -0.39 is 0 Å². The van der Waals surface area contributed by atoms with Gasteiger partial charge in [0.05, 0.1) is 18.7 Å². The predicted molar refractivity (Wildman–Crippen MR) is 108 cm³/mol. The second-order valence-electron chi connectivity index (χ2n) is 7.20. The number of aromatic nitrogens is 4. The van der Waals surface area contributed by atoms with Gasteiger partial charge in [0, 0.05) is 31.5 Å². The number of amides is 1. The van der Waals surface area contributed by atoms with E-state index >= 15 is 0 Å². The normalized spacial score (nSPS) is 17.0. The molecule has 29 heavy (non-hydrogen) atoms. The summed E-state index contributed by atoms with van der Waals surface area (Å²) < 4.78 is 9.57. The van der Waals surface area contributed by atoms with E-state index in [0.29, 0.717) is 25.4 Å². The highest BCUT2D eigenvalue weighted by atomic mass is 16.5. The zero-order valence-electron chi connectivity index (χ0n) is 16.1. The lowest BCUT2D eigenvalue weighted by Gasteiger charge is -2.32. The number of carbonyl (C=O) groups excluding carboxylic acids is 1. The Morgan fingerprint density at radius 3 is 2.72 bits per heavy atom. The van der Waals surface area contributed by atoms with Gasteiger partial charge in [-0.2, -0.15) is 0 Å². The summed E-state index contributed by atoms with van der Waals surface area (Å²) in [5.41, 5.74) is 4.52. The summed E-state index contributed by atoms with van der Waals surface area (Å²) in [5, 5.41) is 8.67. The first-order valence-electron chi connectivity index (χ1n) is 9.63. The summed E-state index contributed by atoms with van der Waals surface area (Å²) in [6, 6.07) is 18.0. The van der Waals surface area contributed by atoms with Crippen molar-refractivity contribution in [2.75, 3.05) is 19.7 Å². The molecular formula is C22H21N5O2. The van der Waals surface area contributed by atoms with Crippen LogP contribution in [-0.4, -0.2) is 49.9 Å². The Hall–Kier alpha value is -3.45. The molecular weight excluding hydrogens is 366 g/mol. The van der Waals surface area contributed by atoms with Gasteiger partial charge in [0.25, 0.3) is 5.91 Å². The molecule has 7 heteroatoms. The molecule has 4 aromatic rings. The van der Waals surface area contributed by atoms with Gasteiger partial charge in [-0.05, 0) is 23.8 Å². The van der Waals surface area contributed by atoms with E-state index in [1.165, 1.54) is 0 Å². The fourth-order valence-corrected chi connectivity index (χ4v) is 3.79. The zero-order chi connectivity index (χ0) is 19.8. The van der Waals surface area contributed by atoms with Crippen LogP contribution in [0.1, 0.15) is 22.3 Å². The van der Waals surface area contributed by atoms with Crippen molar-refractivity contribution in [2.45, 2.75) is 6.10 Å². The number of rotatable bonds is 3. The Bertz CT molecular complexity index is 1160. The van der Waals surface area contributed by atoms with Crippen molar-refractivity contribution in [3.8, 4) is 11.1 Å². The topological polar surface area (TPSA) is 64.7 Å². The third kappa shape index (κ3) is 3.19. The summed E-state index contributed by atoms with van der Waals surface area (Å²) in [6.07, 6.45) is 3.55. The van der Waals surface area contributed by atoms with Crippen molar-refractivity contribution in [3.05, 3.63) is 78.4 Å². The van der Waals surface area contributed by atoms with Gasteiger partial charge < -0.3 is 14.2 Å². The molecule has 0 N–H and O–H groups in total. The molecule has 1 atom stereocenters. The van der Waals surface area contributed by atoms with E-state index in [0.717, 1.165) is 22.3 Å². The van der Waals surface area contributed by atoms with Gasteiger partial charge in [-0.25, -0.2) is 4.52 Å². The maximum Gasteiger partial charge on any atom is 0.270 e. The molecule has 0 spiro atoms. The lowest BCUT2D eigenvalue weighted by Crippen LogP contribution is -2.43. The summed E-state index contributed by atoms with van der Waals surface area (Å²) >= 11 is 0. The van der Waals surface area contributed by atoms with Crippen molar-refractivity contribution < 1.29 is 9.53 Å². The average molecular weight is 387 g/mol. The van der Waals surface area contributed by atoms with Crippen LogP contribution >= 0.6 is 0 Å². The van der Waals surface area contributed by atoms with Crippen LogP contribution in [0.4, 0.5) is 0 Å². The predicted octanol–water partition coefficient (Wildman–Crippen LogP) is 2.95. The number of hydrogen-bond acceptors (Lipinski definition) is 4. The molecule has 3 aromatic heterocycles. The molecule has 1 aliphatic heterocycles. The smallest absolute Gasteiger partial charge is 0.270 e. The molecule has 4 heterocycles. The number of ether oxygens (including phenoxy) is 1. The number of hydrogen-bond donors (Lipinski definition) is 0. The SMILES string of the molecule is Cn1cccc1C(=O)N1CCOC(c2nnn3cc(-c4ccccc4)ccc23)C1. The summed E-state index contributed by atoms with van der Waals surface area (Å²) in [4.78, 5) is 14.7. The third-order valence-electron chi connectivity index (χ3n) is 5.37. The van der Waals surface area contributed by atoms with Gasteiger partial charge in [-0.3, -0.25) is 4.79 Å². The highest BCUT2D eigenvalue weighted by molar-refractivity contribution is 5.92. The fourth-order valence-electron chi connectivity index (χ4n) is 3.79. The van der Waals surface area contributed by atoms with Crippen LogP contribution in [0.5, 0.6) is 0 Å². The van der Waals surface area contributed by atoms with Gasteiger partial charge in [0.15, 0.2) is 0 Å². The summed E-state index contributed by atoms with van der Waals surface area (Å²) in [5.74, 6) is 0.00800. The average Bonchev–Trinajstić information content (AvgIpc) is 3.39. The van der Waals surface area contributed by atoms with Gasteiger partial charge in [-0.1, -0.05) is 41.6 Å². The quantitative estimate of drug-likeness (QED) is 0.542. The number of aryl methyl sites for hydroxylation is 1. The van der Waals surface area contributed by atoms with E-state index in [4.69, 9.17) is 4.74 Å². The zero-order valence-corrected chi connectivity index (χ0v) is 16.1. The van der Waals surface area contributed by atoms with Crippen molar-refractivity contribution in [1.29, 1.82) is 0 Å². The minimum Gasteiger partial charge on any atom is -0.368 e. The molecule has 1 aromatic carbocycles. The highest BCUT2D eigenvalue weighted by Crippen LogP contribution is 2.27. The standard InChI is InChI=1S/C22H21N5O2/c1-25-11-5-8-19(25)22(28)26-12-13-29-20(15-26)21-18-10-9-17(14-27(18)24-23-21)16-6-3-2-4-7-16/h2-11,14,20H,12-13,15H2,1H3. The number of carbonyl (C=O) groups is 1. The van der Waals surface area contributed by atoms with E-state index in [1.807, 2.05) is 65.3 Å². The number of benzene rings is 1. The summed E-state index contributed by atoms with van der Waals surface area (Å²) in [7, 11) is 1.88. The highest BCUT2D eigenvalue weighted by Gasteiger charge is 2.30. The fraction of sp³-hybridized carbons (Fsp3) is 0.227. The molecule has 1 aliphatic rings. The molecule has 0 aliphatic carbocycles. The Morgan fingerprint density at radius 2 is 1.93 bits per heavy atom. The molecule has 5 rings (SSSR count). The number of fused-ring (bicyclic) bond motifs is 1. The molecule has 0 bridgehead atoms. The number of pyridine rings is 1. The van der Waals surface area contributed by atoms with Crippen LogP contribution in [-0.2, 0) is 11.8 Å². The van der Waals surface area contributed by atoms with Gasteiger partial charge >= 0.3 is 0 Å². The van der Waals surface area contributed by atoms with E-state index in [-0.39, 0.29) is 12.0 Å². The molecule has 7 nitrogen and oxygen atoms in total. The monoisotopic (exact) mass is 387 g/mol. The Morgan fingerprint density at radius 1 is 1.07 bits per heavy atom. The Labute approximate surface area is 168 Å². The van der Waals surface area contributed by atoms with Crippen LogP contribution < -0.4 is 0 Å². The van der Waals surface area contributed by atoms with Crippen LogP contribution in [0.25, 0.3) is 16.6 Å². The first-order chi connectivity index (χ1) is 14.2. The van der Waals surface area contributed by atoms with Crippen molar-refractivity contribution in [1.82, 2.24) is 24.3 Å². The minimum atomic E-state index is -0.298. The second kappa shape index (κ2) is 7.18. The minimum absolute atomic E-state index is 0.00800. The molecule has 1 saturated heterocycles. The number of morpholine rings is 1. The lowest BCUT2D eigenvalue weighted by molar-refractivity contribution is -0.0244. The first kappa shape index (κ1) is 17.6. The molecule has 0 saturated carbocycles. The Balaban J connectivity index is 1.42. The van der Waals surface area contributed by atoms with E-state index in [1.54, 1.807) is 4.52 Å². The molecule has 1 amide bonds. The van der Waals surface area contributed by atoms with Crippen LogP contribution in [0.2, 0.25) is 0 Å². The third-order valence-corrected chi connectivity index (χ3v) is 5.37. The van der Waals surface area contributed by atoms with E-state index in [2.05, 4.69) is 28.5 Å². The second-order valence-corrected chi connectivity index (χ2v) is 7.20. The molecule has 0 radical (unpaired) electrons. The van der Waals surface area contributed by atoms with Crippen LogP contribution in [0.15, 0.2) is 67.0 Å². The lowest BCUT2D eigenvalue weighted by atomic mass is 10.1. The van der Waals surface area contributed by atoms with Gasteiger partial charge in [0.1, 0.15) is 17.5 Å². The van der Waals surface area contributed by atoms with Crippen molar-refractivity contribution in [2.24, 2.45) is 7.05 Å². The van der Waals surface area contributed by atoms with Crippen molar-refractivity contribution >= 4 is 11.4 Å². The molecule has 1 unspecified atom stereocenters. The van der Waals surface area contributed by atoms with Gasteiger partial charge in [-0.15, -0.1) is 5.10 Å². The van der Waals surface area contributed by atoms with Gasteiger partial charge in [0.2, 0.25) is 0 Å². The molecule has 1 fully saturated rings.